The number of fused-ring (bicyclic) bond motifs is 6. The van der Waals surface area contributed by atoms with Crippen molar-refractivity contribution in [2.75, 3.05) is 0 Å². The average molecular weight is 743 g/mol. The predicted octanol–water partition coefficient (Wildman–Crippen LogP) is 14.9. The van der Waals surface area contributed by atoms with E-state index in [2.05, 4.69) is 213 Å². The Balaban J connectivity index is 1.27. The zero-order valence-corrected chi connectivity index (χ0v) is 32.7. The van der Waals surface area contributed by atoms with Crippen molar-refractivity contribution in [3.8, 4) is 61.6 Å². The highest BCUT2D eigenvalue weighted by Crippen LogP contribution is 2.50. The van der Waals surface area contributed by atoms with Gasteiger partial charge in [0, 0.05) is 27.3 Å². The minimum Gasteiger partial charge on any atom is -0.293 e. The van der Waals surface area contributed by atoms with Gasteiger partial charge in [-0.2, -0.15) is 0 Å². The van der Waals surface area contributed by atoms with Gasteiger partial charge >= 0.3 is 0 Å². The van der Waals surface area contributed by atoms with E-state index in [1.165, 1.54) is 55.3 Å². The number of aromatic nitrogens is 2. The molecule has 0 bridgehead atoms. The molecule has 0 unspecified atom stereocenters. The van der Waals surface area contributed by atoms with Gasteiger partial charge in [0.2, 0.25) is 0 Å². The molecular weight excluding hydrogens is 701 g/mol. The number of rotatable bonds is 8. The summed E-state index contributed by atoms with van der Waals surface area (Å²) in [6, 6.07) is 64.0. The molecule has 2 heteroatoms. The van der Waals surface area contributed by atoms with Crippen molar-refractivity contribution in [3.63, 3.8) is 0 Å². The van der Waals surface area contributed by atoms with E-state index in [1.807, 2.05) is 12.2 Å². The molecule has 7 aromatic carbocycles. The second-order valence-electron chi connectivity index (χ2n) is 15.6. The lowest BCUT2D eigenvalue weighted by Crippen LogP contribution is -2.14. The van der Waals surface area contributed by atoms with Crippen LogP contribution in [0.1, 0.15) is 30.5 Å². The fraction of sp³-hybridized carbons (Fsp3) is 0.0536. The monoisotopic (exact) mass is 742 g/mol. The standard InChI is InChI=1S/C56H42N2/c1-4-5-6-10-19-38-32-52(41-24-15-9-16-25-41)57-54(33-38)58-53-31-29-42(43-28-30-46-45-26-17-18-27-50(45)56(2,3)51(46)37-43)34-48(53)49-36-44(39-20-11-7-12-21-39)35-47(55(49)58)40-22-13-8-14-23-40/h4-37H,1H2,2-3H3/b6-5-,19-10+. The lowest BCUT2D eigenvalue weighted by molar-refractivity contribution is 0.660. The summed E-state index contributed by atoms with van der Waals surface area (Å²) in [5.41, 5.74) is 17.7. The molecule has 0 spiro atoms. The minimum absolute atomic E-state index is 0.0830. The van der Waals surface area contributed by atoms with Gasteiger partial charge in [0.25, 0.3) is 0 Å². The zero-order chi connectivity index (χ0) is 39.2. The van der Waals surface area contributed by atoms with Gasteiger partial charge in [-0.25, -0.2) is 4.98 Å². The third-order valence-corrected chi connectivity index (χ3v) is 11.7. The number of benzene rings is 7. The van der Waals surface area contributed by atoms with Crippen LogP contribution in [0, 0.1) is 0 Å². The Morgan fingerprint density at radius 1 is 0.483 bits per heavy atom. The van der Waals surface area contributed by atoms with Crippen LogP contribution in [0.2, 0.25) is 0 Å². The number of pyridine rings is 1. The summed E-state index contributed by atoms with van der Waals surface area (Å²) in [7, 11) is 0. The van der Waals surface area contributed by atoms with E-state index < -0.39 is 0 Å². The molecule has 9 aromatic rings. The molecule has 276 valence electrons. The highest BCUT2D eigenvalue weighted by molar-refractivity contribution is 6.16. The summed E-state index contributed by atoms with van der Waals surface area (Å²) in [4.78, 5) is 5.46. The first kappa shape index (κ1) is 35.1. The van der Waals surface area contributed by atoms with Crippen LogP contribution in [-0.2, 0) is 5.41 Å². The highest BCUT2D eigenvalue weighted by atomic mass is 15.1. The second kappa shape index (κ2) is 14.3. The number of nitrogens with zero attached hydrogens (tertiary/aromatic N) is 2. The maximum atomic E-state index is 5.46. The molecule has 0 fully saturated rings. The van der Waals surface area contributed by atoms with Crippen molar-refractivity contribution in [2.24, 2.45) is 0 Å². The second-order valence-corrected chi connectivity index (χ2v) is 15.6. The fourth-order valence-corrected chi connectivity index (χ4v) is 8.90. The van der Waals surface area contributed by atoms with E-state index in [9.17, 15) is 0 Å². The molecular formula is C56H42N2. The van der Waals surface area contributed by atoms with Gasteiger partial charge in [-0.05, 0) is 98.1 Å². The molecule has 2 heterocycles. The zero-order valence-electron chi connectivity index (χ0n) is 32.7. The van der Waals surface area contributed by atoms with Crippen molar-refractivity contribution >= 4 is 27.9 Å². The molecule has 0 saturated carbocycles. The number of hydrogen-bond acceptors (Lipinski definition) is 1. The lowest BCUT2D eigenvalue weighted by atomic mass is 9.81. The lowest BCUT2D eigenvalue weighted by Gasteiger charge is -2.22. The number of allylic oxidation sites excluding steroid dienone is 4. The van der Waals surface area contributed by atoms with Gasteiger partial charge in [0.1, 0.15) is 5.82 Å². The Labute approximate surface area is 340 Å². The molecule has 0 amide bonds. The molecule has 2 aromatic heterocycles. The SMILES string of the molecule is C=C/C=C\C=C\c1cc(-c2ccccc2)nc(-n2c3ccc(-c4ccc5c(c4)C(C)(C)c4ccccc4-5)cc3c3cc(-c4ccccc4)cc(-c4ccccc4)c32)c1. The molecule has 10 rings (SSSR count). The first-order chi connectivity index (χ1) is 28.5. The Morgan fingerprint density at radius 2 is 1.12 bits per heavy atom. The summed E-state index contributed by atoms with van der Waals surface area (Å²) in [6.45, 7) is 8.55. The minimum atomic E-state index is -0.0830. The topological polar surface area (TPSA) is 17.8 Å². The van der Waals surface area contributed by atoms with Crippen LogP contribution < -0.4 is 0 Å². The van der Waals surface area contributed by atoms with Crippen molar-refractivity contribution < 1.29 is 0 Å². The Bertz CT molecular complexity index is 3070. The molecule has 0 radical (unpaired) electrons. The van der Waals surface area contributed by atoms with E-state index >= 15 is 0 Å². The largest absolute Gasteiger partial charge is 0.293 e. The third kappa shape index (κ3) is 6.02. The summed E-state index contributed by atoms with van der Waals surface area (Å²) in [5.74, 6) is 0.864. The van der Waals surface area contributed by atoms with E-state index in [0.29, 0.717) is 0 Å². The Kier molecular flexibility index (Phi) is 8.69. The van der Waals surface area contributed by atoms with Crippen LogP contribution in [-0.4, -0.2) is 9.55 Å². The predicted molar refractivity (Wildman–Crippen MR) is 246 cm³/mol. The van der Waals surface area contributed by atoms with Crippen molar-refractivity contribution in [1.29, 1.82) is 0 Å². The fourth-order valence-electron chi connectivity index (χ4n) is 8.90. The van der Waals surface area contributed by atoms with Crippen LogP contribution >= 0.6 is 0 Å². The van der Waals surface area contributed by atoms with Gasteiger partial charge in [-0.15, -0.1) is 0 Å². The Hall–Kier alpha value is -7.29. The van der Waals surface area contributed by atoms with Gasteiger partial charge in [0.05, 0.1) is 16.7 Å². The summed E-state index contributed by atoms with van der Waals surface area (Å²) in [6.07, 6.45) is 9.95. The van der Waals surface area contributed by atoms with E-state index in [1.54, 1.807) is 6.08 Å². The van der Waals surface area contributed by atoms with E-state index in [0.717, 1.165) is 44.8 Å². The molecule has 0 saturated heterocycles. The van der Waals surface area contributed by atoms with Crippen molar-refractivity contribution in [1.82, 2.24) is 9.55 Å². The van der Waals surface area contributed by atoms with Crippen LogP contribution in [0.25, 0.3) is 89.5 Å². The molecule has 1 aliphatic rings. The molecule has 2 nitrogen and oxygen atoms in total. The molecule has 1 aliphatic carbocycles. The van der Waals surface area contributed by atoms with Crippen molar-refractivity contribution in [2.45, 2.75) is 19.3 Å². The maximum absolute atomic E-state index is 5.46. The molecule has 0 atom stereocenters. The maximum Gasteiger partial charge on any atom is 0.138 e. The molecule has 0 aliphatic heterocycles. The van der Waals surface area contributed by atoms with Crippen LogP contribution in [0.15, 0.2) is 207 Å². The summed E-state index contributed by atoms with van der Waals surface area (Å²) in [5, 5.41) is 2.37. The average Bonchev–Trinajstić information content (AvgIpc) is 3.73. The summed E-state index contributed by atoms with van der Waals surface area (Å²) < 4.78 is 2.39. The first-order valence-corrected chi connectivity index (χ1v) is 20.0. The highest BCUT2D eigenvalue weighted by Gasteiger charge is 2.35. The smallest absolute Gasteiger partial charge is 0.138 e. The quantitative estimate of drug-likeness (QED) is 0.142. The third-order valence-electron chi connectivity index (χ3n) is 11.7. The molecule has 58 heavy (non-hydrogen) atoms. The van der Waals surface area contributed by atoms with Crippen LogP contribution in [0.3, 0.4) is 0 Å². The van der Waals surface area contributed by atoms with Crippen LogP contribution in [0.4, 0.5) is 0 Å². The molecule has 0 N–H and O–H groups in total. The number of hydrogen-bond donors (Lipinski definition) is 0. The van der Waals surface area contributed by atoms with Gasteiger partial charge in [0.15, 0.2) is 0 Å². The van der Waals surface area contributed by atoms with Gasteiger partial charge in [-0.3, -0.25) is 4.57 Å². The normalized spacial score (nSPS) is 13.1. The Morgan fingerprint density at radius 3 is 1.88 bits per heavy atom. The van der Waals surface area contributed by atoms with E-state index in [4.69, 9.17) is 4.98 Å². The van der Waals surface area contributed by atoms with Gasteiger partial charge < -0.3 is 0 Å². The van der Waals surface area contributed by atoms with E-state index in [-0.39, 0.29) is 5.41 Å². The summed E-state index contributed by atoms with van der Waals surface area (Å²) >= 11 is 0. The first-order valence-electron chi connectivity index (χ1n) is 20.0. The van der Waals surface area contributed by atoms with Crippen LogP contribution in [0.5, 0.6) is 0 Å². The van der Waals surface area contributed by atoms with Crippen molar-refractivity contribution in [3.05, 3.63) is 223 Å². The van der Waals surface area contributed by atoms with Gasteiger partial charge in [-0.1, -0.05) is 184 Å².